The zero-order valence-corrected chi connectivity index (χ0v) is 14.7. The van der Waals surface area contributed by atoms with Crippen molar-refractivity contribution in [3.8, 4) is 5.75 Å². The van der Waals surface area contributed by atoms with Gasteiger partial charge in [-0.3, -0.25) is 4.79 Å². The first-order valence-corrected chi connectivity index (χ1v) is 8.29. The minimum absolute atomic E-state index is 0.0693. The number of carbonyl (C=O) groups is 1. The second-order valence-electron chi connectivity index (χ2n) is 5.92. The van der Waals surface area contributed by atoms with Crippen LogP contribution in [0.2, 0.25) is 0 Å². The van der Waals surface area contributed by atoms with Crippen LogP contribution in [-0.2, 0) is 11.2 Å². The molecule has 1 amide bonds. The summed E-state index contributed by atoms with van der Waals surface area (Å²) in [6, 6.07) is 14.2. The zero-order valence-electron chi connectivity index (χ0n) is 14.7. The van der Waals surface area contributed by atoms with E-state index in [9.17, 15) is 4.79 Å². The monoisotopic (exact) mass is 326 g/mol. The van der Waals surface area contributed by atoms with Crippen molar-refractivity contribution in [1.82, 2.24) is 5.32 Å². The molecule has 0 aromatic heterocycles. The fraction of sp³-hybridized carbons (Fsp3) is 0.350. The number of amides is 1. The lowest BCUT2D eigenvalue weighted by molar-refractivity contribution is -0.120. The van der Waals surface area contributed by atoms with Crippen molar-refractivity contribution in [3.63, 3.8) is 0 Å². The third-order valence-electron chi connectivity index (χ3n) is 4.08. The Bertz CT molecular complexity index is 666. The number of hydrogen-bond acceptors (Lipinski definition) is 3. The van der Waals surface area contributed by atoms with Crippen molar-refractivity contribution >= 4 is 11.6 Å². The Kier molecular flexibility index (Phi) is 6.67. The Balaban J connectivity index is 1.64. The molecule has 0 atom stereocenters. The van der Waals surface area contributed by atoms with Crippen molar-refractivity contribution in [3.05, 3.63) is 59.2 Å². The molecule has 4 nitrogen and oxygen atoms in total. The van der Waals surface area contributed by atoms with Crippen molar-refractivity contribution < 1.29 is 9.53 Å². The van der Waals surface area contributed by atoms with E-state index in [1.165, 1.54) is 16.7 Å². The highest BCUT2D eigenvalue weighted by Gasteiger charge is 2.02. The summed E-state index contributed by atoms with van der Waals surface area (Å²) < 4.78 is 5.13. The number of rotatable bonds is 8. The number of ether oxygens (including phenoxy) is 1. The fourth-order valence-corrected chi connectivity index (χ4v) is 2.40. The van der Waals surface area contributed by atoms with Crippen LogP contribution in [0.1, 0.15) is 23.1 Å². The van der Waals surface area contributed by atoms with E-state index in [4.69, 9.17) is 4.74 Å². The molecule has 0 unspecified atom stereocenters. The molecule has 2 aromatic carbocycles. The van der Waals surface area contributed by atoms with Crippen LogP contribution >= 0.6 is 0 Å². The van der Waals surface area contributed by atoms with Crippen LogP contribution < -0.4 is 15.4 Å². The van der Waals surface area contributed by atoms with Crippen LogP contribution in [0.25, 0.3) is 0 Å². The minimum Gasteiger partial charge on any atom is -0.497 e. The molecule has 24 heavy (non-hydrogen) atoms. The van der Waals surface area contributed by atoms with Gasteiger partial charge in [-0.05, 0) is 61.2 Å². The van der Waals surface area contributed by atoms with Crippen molar-refractivity contribution in [2.75, 3.05) is 25.5 Å². The van der Waals surface area contributed by atoms with E-state index in [0.717, 1.165) is 17.9 Å². The first-order chi connectivity index (χ1) is 11.6. The van der Waals surface area contributed by atoms with Gasteiger partial charge >= 0.3 is 0 Å². The van der Waals surface area contributed by atoms with Crippen LogP contribution in [-0.4, -0.2) is 26.1 Å². The van der Waals surface area contributed by atoms with Gasteiger partial charge in [0.1, 0.15) is 5.75 Å². The third-order valence-corrected chi connectivity index (χ3v) is 4.08. The lowest BCUT2D eigenvalue weighted by Gasteiger charge is -2.09. The first kappa shape index (κ1) is 17.9. The van der Waals surface area contributed by atoms with E-state index in [0.29, 0.717) is 19.5 Å². The Morgan fingerprint density at radius 2 is 1.75 bits per heavy atom. The lowest BCUT2D eigenvalue weighted by Crippen LogP contribution is -2.27. The van der Waals surface area contributed by atoms with Gasteiger partial charge in [0, 0.05) is 25.2 Å². The molecule has 0 radical (unpaired) electrons. The molecular formula is C20H26N2O2. The molecule has 0 aliphatic heterocycles. The molecule has 0 saturated heterocycles. The van der Waals surface area contributed by atoms with Crippen molar-refractivity contribution in [1.29, 1.82) is 0 Å². The van der Waals surface area contributed by atoms with Crippen LogP contribution in [0, 0.1) is 13.8 Å². The molecule has 128 valence electrons. The predicted octanol–water partition coefficient (Wildman–Crippen LogP) is 3.47. The summed E-state index contributed by atoms with van der Waals surface area (Å²) in [5.41, 5.74) is 4.77. The van der Waals surface area contributed by atoms with Crippen LogP contribution in [0.15, 0.2) is 42.5 Å². The lowest BCUT2D eigenvalue weighted by atomic mass is 10.1. The maximum absolute atomic E-state index is 11.9. The summed E-state index contributed by atoms with van der Waals surface area (Å²) in [5, 5.41) is 6.25. The molecule has 2 aromatic rings. The van der Waals surface area contributed by atoms with Crippen LogP contribution in [0.5, 0.6) is 5.75 Å². The number of aryl methyl sites for hydroxylation is 2. The molecule has 0 heterocycles. The van der Waals surface area contributed by atoms with E-state index in [1.54, 1.807) is 7.11 Å². The quantitative estimate of drug-likeness (QED) is 0.781. The number of methoxy groups -OCH3 is 1. The van der Waals surface area contributed by atoms with E-state index >= 15 is 0 Å². The van der Waals surface area contributed by atoms with E-state index in [2.05, 4.69) is 36.6 Å². The molecule has 2 rings (SSSR count). The number of carbonyl (C=O) groups excluding carboxylic acids is 1. The van der Waals surface area contributed by atoms with Gasteiger partial charge in [-0.25, -0.2) is 0 Å². The summed E-state index contributed by atoms with van der Waals surface area (Å²) in [4.78, 5) is 11.9. The first-order valence-electron chi connectivity index (χ1n) is 8.29. The van der Waals surface area contributed by atoms with Gasteiger partial charge in [0.05, 0.1) is 7.11 Å². The van der Waals surface area contributed by atoms with E-state index in [1.807, 2.05) is 30.3 Å². The molecule has 2 N–H and O–H groups in total. The highest BCUT2D eigenvalue weighted by Crippen LogP contribution is 2.14. The van der Waals surface area contributed by atoms with Crippen LogP contribution in [0.4, 0.5) is 5.69 Å². The average molecular weight is 326 g/mol. The normalized spacial score (nSPS) is 10.3. The second kappa shape index (κ2) is 8.96. The summed E-state index contributed by atoms with van der Waals surface area (Å²) in [6.45, 7) is 5.47. The third kappa shape index (κ3) is 5.61. The molecule has 0 fully saturated rings. The highest BCUT2D eigenvalue weighted by atomic mass is 16.5. The highest BCUT2D eigenvalue weighted by molar-refractivity contribution is 5.76. The van der Waals surface area contributed by atoms with Crippen molar-refractivity contribution in [2.45, 2.75) is 26.7 Å². The van der Waals surface area contributed by atoms with Gasteiger partial charge in [0.15, 0.2) is 0 Å². The average Bonchev–Trinajstić information content (AvgIpc) is 2.59. The largest absolute Gasteiger partial charge is 0.497 e. The molecule has 0 bridgehead atoms. The maximum atomic E-state index is 11.9. The smallest absolute Gasteiger partial charge is 0.221 e. The molecule has 0 saturated carbocycles. The molecular weight excluding hydrogens is 300 g/mol. The van der Waals surface area contributed by atoms with Gasteiger partial charge in [0.25, 0.3) is 0 Å². The number of hydrogen-bond donors (Lipinski definition) is 2. The minimum atomic E-state index is 0.0693. The molecule has 0 aliphatic carbocycles. The van der Waals surface area contributed by atoms with Gasteiger partial charge in [0.2, 0.25) is 5.91 Å². The van der Waals surface area contributed by atoms with Gasteiger partial charge in [-0.1, -0.05) is 18.2 Å². The number of benzene rings is 2. The zero-order chi connectivity index (χ0) is 17.4. The van der Waals surface area contributed by atoms with Gasteiger partial charge in [-0.15, -0.1) is 0 Å². The fourth-order valence-electron chi connectivity index (χ4n) is 2.40. The number of anilines is 1. The summed E-state index contributed by atoms with van der Waals surface area (Å²) in [5.74, 6) is 0.917. The molecule has 0 aliphatic rings. The Labute approximate surface area is 144 Å². The standard InChI is InChI=1S/C20H26N2O2/c1-15-4-7-18(14-16(15)2)21-13-11-20(23)22-12-10-17-5-8-19(24-3)9-6-17/h4-9,14,21H,10-13H2,1-3H3,(H,22,23). The predicted molar refractivity (Wildman–Crippen MR) is 98.7 cm³/mol. The molecule has 4 heteroatoms. The van der Waals surface area contributed by atoms with Crippen LogP contribution in [0.3, 0.4) is 0 Å². The van der Waals surface area contributed by atoms with E-state index in [-0.39, 0.29) is 5.91 Å². The van der Waals surface area contributed by atoms with E-state index < -0.39 is 0 Å². The van der Waals surface area contributed by atoms with Gasteiger partial charge in [-0.2, -0.15) is 0 Å². The van der Waals surface area contributed by atoms with Crippen molar-refractivity contribution in [2.24, 2.45) is 0 Å². The summed E-state index contributed by atoms with van der Waals surface area (Å²) >= 11 is 0. The maximum Gasteiger partial charge on any atom is 0.221 e. The Hall–Kier alpha value is -2.49. The van der Waals surface area contributed by atoms with Gasteiger partial charge < -0.3 is 15.4 Å². The Morgan fingerprint density at radius 3 is 2.42 bits per heavy atom. The topological polar surface area (TPSA) is 50.4 Å². The number of nitrogens with one attached hydrogen (secondary N) is 2. The molecule has 0 spiro atoms. The Morgan fingerprint density at radius 1 is 1.00 bits per heavy atom. The summed E-state index contributed by atoms with van der Waals surface area (Å²) in [6.07, 6.45) is 1.29. The second-order valence-corrected chi connectivity index (χ2v) is 5.92. The summed E-state index contributed by atoms with van der Waals surface area (Å²) in [7, 11) is 1.65. The SMILES string of the molecule is COc1ccc(CCNC(=O)CCNc2ccc(C)c(C)c2)cc1.